The van der Waals surface area contributed by atoms with E-state index >= 15 is 0 Å². The van der Waals surface area contributed by atoms with E-state index < -0.39 is 0 Å². The van der Waals surface area contributed by atoms with Crippen molar-refractivity contribution in [1.82, 2.24) is 5.32 Å². The van der Waals surface area contributed by atoms with Gasteiger partial charge >= 0.3 is 0 Å². The fourth-order valence-electron chi connectivity index (χ4n) is 6.59. The minimum absolute atomic E-state index is 0.436. The van der Waals surface area contributed by atoms with Crippen LogP contribution >= 0.6 is 0 Å². The summed E-state index contributed by atoms with van der Waals surface area (Å²) >= 11 is 0. The van der Waals surface area contributed by atoms with E-state index in [-0.39, 0.29) is 0 Å². The molecule has 7 saturated carbocycles. The van der Waals surface area contributed by atoms with E-state index in [0.29, 0.717) is 17.9 Å². The predicted molar refractivity (Wildman–Crippen MR) is 57.2 cm³/mol. The Morgan fingerprint density at radius 3 is 1.94 bits per heavy atom. The van der Waals surface area contributed by atoms with Crippen LogP contribution in [0.25, 0.3) is 0 Å². The maximum Gasteiger partial charge on any atom is 0.223 e. The fraction of sp³-hybridized carbons (Fsp3) is 0.929. The zero-order chi connectivity index (χ0) is 10.2. The van der Waals surface area contributed by atoms with E-state index in [4.69, 9.17) is 0 Å². The first kappa shape index (κ1) is 7.73. The van der Waals surface area contributed by atoms with Crippen LogP contribution in [0.1, 0.15) is 19.3 Å². The van der Waals surface area contributed by atoms with Gasteiger partial charge in [0, 0.05) is 12.0 Å². The van der Waals surface area contributed by atoms with Crippen LogP contribution in [0.15, 0.2) is 0 Å². The zero-order valence-electron chi connectivity index (χ0n) is 9.30. The highest BCUT2D eigenvalue weighted by atomic mass is 16.2. The van der Waals surface area contributed by atoms with Crippen molar-refractivity contribution >= 4 is 5.91 Å². The highest BCUT2D eigenvalue weighted by Crippen LogP contribution is 2.89. The second-order valence-corrected chi connectivity index (χ2v) is 7.34. The molecule has 16 heavy (non-hydrogen) atoms. The molecule has 6 bridgehead atoms. The van der Waals surface area contributed by atoms with Crippen LogP contribution in [-0.2, 0) is 4.79 Å². The summed E-state index contributed by atoms with van der Waals surface area (Å²) in [4.78, 5) is 12.1. The number of carbonyl (C=O) groups excluding carboxylic acids is 1. The van der Waals surface area contributed by atoms with Gasteiger partial charge in [-0.2, -0.15) is 0 Å². The third-order valence-electron chi connectivity index (χ3n) is 6.96. The molecule has 0 spiro atoms. The van der Waals surface area contributed by atoms with Crippen molar-refractivity contribution in [2.45, 2.75) is 25.3 Å². The Labute approximate surface area is 95.2 Å². The number of hydrogen-bond acceptors (Lipinski definition) is 1. The van der Waals surface area contributed by atoms with Gasteiger partial charge in [-0.15, -0.1) is 0 Å². The lowest BCUT2D eigenvalue weighted by molar-refractivity contribution is -0.123. The van der Waals surface area contributed by atoms with Gasteiger partial charge in [0.2, 0.25) is 5.91 Å². The average molecular weight is 215 g/mol. The lowest BCUT2D eigenvalue weighted by Gasteiger charge is -2.15. The Hall–Kier alpha value is -0.530. The predicted octanol–water partition coefficient (Wildman–Crippen LogP) is 1.27. The monoisotopic (exact) mass is 215 g/mol. The lowest BCUT2D eigenvalue weighted by atomic mass is 9.91. The second kappa shape index (κ2) is 1.97. The third-order valence-corrected chi connectivity index (χ3v) is 6.96. The summed E-state index contributed by atoms with van der Waals surface area (Å²) in [6.45, 7) is 0. The SMILES string of the molecule is O=C(NC1CC1)C1[C@@H]2[C@@H]3C4CC5[C@H]3[C@H]5[C@@H]4[C@H]12. The standard InChI is InChI=1S/C14H17NO/c16-14(15-4-1-2-4)13-11-9-6-3-5-7(9)8(5)10(6)12(11)13/h4-13H,1-3H2,(H,15,16)/t5?,6?,7-,8-,9+,10+,11-,12+,13?/m0/s1. The van der Waals surface area contributed by atoms with Gasteiger partial charge in [0.25, 0.3) is 0 Å². The molecule has 9 atom stereocenters. The molecule has 7 rings (SSSR count). The molecule has 0 heterocycles. The molecule has 2 nitrogen and oxygen atoms in total. The van der Waals surface area contributed by atoms with Gasteiger partial charge in [0.15, 0.2) is 0 Å². The summed E-state index contributed by atoms with van der Waals surface area (Å²) in [6, 6.07) is 0.565. The molecule has 2 heteroatoms. The van der Waals surface area contributed by atoms with E-state index in [1.807, 2.05) is 0 Å². The van der Waals surface area contributed by atoms with E-state index in [0.717, 1.165) is 47.3 Å². The van der Waals surface area contributed by atoms with Crippen molar-refractivity contribution in [2.24, 2.45) is 53.3 Å². The number of nitrogens with one attached hydrogen (secondary N) is 1. The number of fused-ring (bicyclic) bond motifs is 1. The molecule has 7 fully saturated rings. The molecule has 7 aliphatic carbocycles. The van der Waals surface area contributed by atoms with Gasteiger partial charge in [0.1, 0.15) is 0 Å². The van der Waals surface area contributed by atoms with Crippen LogP contribution in [-0.4, -0.2) is 11.9 Å². The van der Waals surface area contributed by atoms with Gasteiger partial charge in [-0.1, -0.05) is 0 Å². The van der Waals surface area contributed by atoms with E-state index in [1.165, 1.54) is 12.8 Å². The molecular formula is C14H17NO. The molecule has 0 aromatic rings. The smallest absolute Gasteiger partial charge is 0.223 e. The molecule has 0 aliphatic heterocycles. The van der Waals surface area contributed by atoms with Crippen molar-refractivity contribution in [3.8, 4) is 0 Å². The van der Waals surface area contributed by atoms with Crippen LogP contribution < -0.4 is 5.32 Å². The van der Waals surface area contributed by atoms with Crippen molar-refractivity contribution in [1.29, 1.82) is 0 Å². The van der Waals surface area contributed by atoms with Crippen LogP contribution in [0.5, 0.6) is 0 Å². The summed E-state index contributed by atoms with van der Waals surface area (Å²) in [7, 11) is 0. The molecule has 84 valence electrons. The van der Waals surface area contributed by atoms with Gasteiger partial charge in [0.05, 0.1) is 0 Å². The summed E-state index contributed by atoms with van der Waals surface area (Å²) in [5.74, 6) is 9.07. The lowest BCUT2D eigenvalue weighted by Crippen LogP contribution is -2.30. The summed E-state index contributed by atoms with van der Waals surface area (Å²) < 4.78 is 0. The van der Waals surface area contributed by atoms with E-state index in [9.17, 15) is 4.79 Å². The summed E-state index contributed by atoms with van der Waals surface area (Å²) in [6.07, 6.45) is 4.02. The molecule has 0 aromatic heterocycles. The maximum absolute atomic E-state index is 12.1. The first-order chi connectivity index (χ1) is 7.86. The Balaban J connectivity index is 1.30. The zero-order valence-corrected chi connectivity index (χ0v) is 9.30. The number of amides is 1. The third kappa shape index (κ3) is 0.613. The quantitative estimate of drug-likeness (QED) is 0.738. The maximum atomic E-state index is 12.1. The van der Waals surface area contributed by atoms with Crippen molar-refractivity contribution < 1.29 is 4.79 Å². The summed E-state index contributed by atoms with van der Waals surface area (Å²) in [5.41, 5.74) is 0. The first-order valence-electron chi connectivity index (χ1n) is 7.16. The van der Waals surface area contributed by atoms with E-state index in [1.54, 1.807) is 6.42 Å². The van der Waals surface area contributed by atoms with Crippen molar-refractivity contribution in [3.05, 3.63) is 0 Å². The fourth-order valence-corrected chi connectivity index (χ4v) is 6.59. The topological polar surface area (TPSA) is 29.1 Å². The Morgan fingerprint density at radius 2 is 1.44 bits per heavy atom. The second-order valence-electron chi connectivity index (χ2n) is 7.34. The normalized spacial score (nSPS) is 70.4. The molecule has 7 aliphatic rings. The Bertz CT molecular complexity index is 404. The Kier molecular flexibility index (Phi) is 0.954. The molecule has 1 amide bonds. The average Bonchev–Trinajstić information content (AvgIpc) is 3.22. The Morgan fingerprint density at radius 1 is 0.875 bits per heavy atom. The number of hydrogen-bond donors (Lipinski definition) is 1. The summed E-state index contributed by atoms with van der Waals surface area (Å²) in [5, 5.41) is 3.23. The molecule has 0 saturated heterocycles. The number of rotatable bonds is 2. The van der Waals surface area contributed by atoms with Gasteiger partial charge < -0.3 is 5.32 Å². The van der Waals surface area contributed by atoms with Crippen LogP contribution in [0.3, 0.4) is 0 Å². The molecule has 0 radical (unpaired) electrons. The highest BCUT2D eigenvalue weighted by Gasteiger charge is 2.87. The molecule has 1 N–H and O–H groups in total. The van der Waals surface area contributed by atoms with E-state index in [2.05, 4.69) is 5.32 Å². The van der Waals surface area contributed by atoms with Crippen LogP contribution in [0.4, 0.5) is 0 Å². The molecule has 3 unspecified atom stereocenters. The molecular weight excluding hydrogens is 198 g/mol. The minimum Gasteiger partial charge on any atom is -0.353 e. The van der Waals surface area contributed by atoms with Gasteiger partial charge in [-0.05, 0) is 66.6 Å². The largest absolute Gasteiger partial charge is 0.353 e. The molecule has 0 aromatic carbocycles. The minimum atomic E-state index is 0.436. The van der Waals surface area contributed by atoms with Gasteiger partial charge in [-0.25, -0.2) is 0 Å². The van der Waals surface area contributed by atoms with Crippen molar-refractivity contribution in [3.63, 3.8) is 0 Å². The van der Waals surface area contributed by atoms with Crippen molar-refractivity contribution in [2.75, 3.05) is 0 Å². The van der Waals surface area contributed by atoms with Gasteiger partial charge in [-0.3, -0.25) is 4.79 Å². The first-order valence-corrected chi connectivity index (χ1v) is 7.16. The highest BCUT2D eigenvalue weighted by molar-refractivity contribution is 5.83. The van der Waals surface area contributed by atoms with Crippen LogP contribution in [0.2, 0.25) is 0 Å². The number of carbonyl (C=O) groups is 1. The van der Waals surface area contributed by atoms with Crippen LogP contribution in [0, 0.1) is 53.3 Å².